The van der Waals surface area contributed by atoms with Crippen LogP contribution in [0.4, 0.5) is 0 Å². The van der Waals surface area contributed by atoms with Crippen LogP contribution in [0.15, 0.2) is 40.7 Å². The Morgan fingerprint density at radius 1 is 1.17 bits per heavy atom. The fourth-order valence-electron chi connectivity index (χ4n) is 3.78. The second-order valence-electron chi connectivity index (χ2n) is 7.09. The van der Waals surface area contributed by atoms with Gasteiger partial charge < -0.3 is 20.1 Å². The number of rotatable bonds is 7. The first-order chi connectivity index (χ1) is 13.8. The Morgan fingerprint density at radius 2 is 2.00 bits per heavy atom. The molecule has 0 amide bonds. The maximum atomic E-state index is 5.45. The number of nitrogens with one attached hydrogen (secondary N) is 2. The van der Waals surface area contributed by atoms with Gasteiger partial charge in [0.05, 0.1) is 6.04 Å². The summed E-state index contributed by atoms with van der Waals surface area (Å²) in [6.45, 7) is 4.35. The lowest BCUT2D eigenvalue weighted by atomic mass is 10.1. The van der Waals surface area contributed by atoms with Crippen LogP contribution in [0.2, 0.25) is 0 Å². The van der Waals surface area contributed by atoms with Crippen molar-refractivity contribution in [1.82, 2.24) is 15.5 Å². The van der Waals surface area contributed by atoms with Crippen LogP contribution in [0.25, 0.3) is 0 Å². The minimum absolute atomic E-state index is 0. The van der Waals surface area contributed by atoms with Gasteiger partial charge in [0.15, 0.2) is 17.5 Å². The average Bonchev–Trinajstić information content (AvgIpc) is 3.49. The molecule has 0 spiro atoms. The van der Waals surface area contributed by atoms with Crippen LogP contribution >= 0.6 is 35.3 Å². The lowest BCUT2D eigenvalue weighted by molar-refractivity contribution is 0.174. The molecule has 0 saturated carbocycles. The highest BCUT2D eigenvalue weighted by Gasteiger charge is 2.24. The van der Waals surface area contributed by atoms with E-state index < -0.39 is 0 Å². The van der Waals surface area contributed by atoms with E-state index in [0.29, 0.717) is 12.8 Å². The third-order valence-corrected chi connectivity index (χ3v) is 6.26. The monoisotopic (exact) mass is 528 g/mol. The van der Waals surface area contributed by atoms with Crippen LogP contribution in [0.3, 0.4) is 0 Å². The Morgan fingerprint density at radius 3 is 2.76 bits per heavy atom. The third kappa shape index (κ3) is 5.76. The van der Waals surface area contributed by atoms with Crippen molar-refractivity contribution in [3.63, 3.8) is 0 Å². The summed E-state index contributed by atoms with van der Waals surface area (Å²) in [5, 5.41) is 9.11. The molecular formula is C21H29IN4O2S. The van der Waals surface area contributed by atoms with Crippen molar-refractivity contribution in [3.8, 4) is 11.5 Å². The topological polar surface area (TPSA) is 58.1 Å². The van der Waals surface area contributed by atoms with E-state index >= 15 is 0 Å². The fourth-order valence-corrected chi connectivity index (χ4v) is 4.64. The molecule has 0 radical (unpaired) electrons. The third-order valence-electron chi connectivity index (χ3n) is 5.28. The number of benzene rings is 1. The Kier molecular flexibility index (Phi) is 8.43. The molecule has 1 saturated heterocycles. The summed E-state index contributed by atoms with van der Waals surface area (Å²) >= 11 is 1.84. The van der Waals surface area contributed by atoms with Crippen LogP contribution in [-0.4, -0.2) is 50.9 Å². The van der Waals surface area contributed by atoms with Crippen LogP contribution in [-0.2, 0) is 6.42 Å². The Labute approximate surface area is 193 Å². The highest BCUT2D eigenvalue weighted by Crippen LogP contribution is 2.32. The van der Waals surface area contributed by atoms with Gasteiger partial charge in [0, 0.05) is 25.0 Å². The number of aliphatic imine (C=N–C) groups is 1. The van der Waals surface area contributed by atoms with Gasteiger partial charge >= 0.3 is 0 Å². The van der Waals surface area contributed by atoms with E-state index in [2.05, 4.69) is 50.2 Å². The van der Waals surface area contributed by atoms with Crippen LogP contribution < -0.4 is 20.1 Å². The number of hydrogen-bond donors (Lipinski definition) is 2. The molecular weight excluding hydrogens is 499 g/mol. The summed E-state index contributed by atoms with van der Waals surface area (Å²) in [6.07, 6.45) is 3.49. The maximum Gasteiger partial charge on any atom is 0.231 e. The van der Waals surface area contributed by atoms with Gasteiger partial charge in [-0.15, -0.1) is 35.3 Å². The molecule has 158 valence electrons. The average molecular weight is 528 g/mol. The first-order valence-electron chi connectivity index (χ1n) is 9.94. The normalized spacial score (nSPS) is 17.1. The van der Waals surface area contributed by atoms with Gasteiger partial charge in [-0.25, -0.2) is 0 Å². The number of fused-ring (bicyclic) bond motifs is 1. The van der Waals surface area contributed by atoms with Crippen molar-refractivity contribution < 1.29 is 9.47 Å². The number of ether oxygens (including phenoxy) is 2. The molecule has 3 heterocycles. The SMILES string of the molecule is CN=C(NCCc1ccc2c(c1)OCO2)NCC(c1cccs1)N1CCCC1.I. The molecule has 6 nitrogen and oxygen atoms in total. The molecule has 2 aliphatic rings. The predicted octanol–water partition coefficient (Wildman–Crippen LogP) is 3.64. The van der Waals surface area contributed by atoms with Gasteiger partial charge in [-0.2, -0.15) is 0 Å². The highest BCUT2D eigenvalue weighted by molar-refractivity contribution is 14.0. The number of likely N-dealkylation sites (tertiary alicyclic amines) is 1. The molecule has 2 aliphatic heterocycles. The molecule has 4 rings (SSSR count). The van der Waals surface area contributed by atoms with E-state index in [1.54, 1.807) is 0 Å². The van der Waals surface area contributed by atoms with E-state index in [0.717, 1.165) is 37.0 Å². The van der Waals surface area contributed by atoms with Gasteiger partial charge in [0.2, 0.25) is 6.79 Å². The molecule has 1 atom stereocenters. The molecule has 29 heavy (non-hydrogen) atoms. The lowest BCUT2D eigenvalue weighted by Gasteiger charge is -2.27. The molecule has 1 fully saturated rings. The van der Waals surface area contributed by atoms with Crippen molar-refractivity contribution in [2.45, 2.75) is 25.3 Å². The summed E-state index contributed by atoms with van der Waals surface area (Å²) < 4.78 is 10.8. The van der Waals surface area contributed by atoms with Crippen molar-refractivity contribution >= 4 is 41.3 Å². The number of guanidine groups is 1. The zero-order valence-electron chi connectivity index (χ0n) is 16.7. The number of nitrogens with zero attached hydrogens (tertiary/aromatic N) is 2. The smallest absolute Gasteiger partial charge is 0.231 e. The van der Waals surface area contributed by atoms with Crippen molar-refractivity contribution in [1.29, 1.82) is 0 Å². The van der Waals surface area contributed by atoms with E-state index in [4.69, 9.17) is 9.47 Å². The van der Waals surface area contributed by atoms with E-state index in [1.165, 1.54) is 36.4 Å². The van der Waals surface area contributed by atoms with Crippen molar-refractivity contribution in [3.05, 3.63) is 46.2 Å². The zero-order chi connectivity index (χ0) is 19.2. The molecule has 0 bridgehead atoms. The van der Waals surface area contributed by atoms with Gasteiger partial charge in [-0.1, -0.05) is 12.1 Å². The number of hydrogen-bond acceptors (Lipinski definition) is 5. The molecule has 1 aromatic carbocycles. The van der Waals surface area contributed by atoms with E-state index in [-0.39, 0.29) is 24.0 Å². The second kappa shape index (κ2) is 11.0. The summed E-state index contributed by atoms with van der Waals surface area (Å²) in [6, 6.07) is 10.9. The summed E-state index contributed by atoms with van der Waals surface area (Å²) in [5.41, 5.74) is 1.22. The first-order valence-corrected chi connectivity index (χ1v) is 10.8. The van der Waals surface area contributed by atoms with Crippen LogP contribution in [0, 0.1) is 0 Å². The quantitative estimate of drug-likeness (QED) is 0.327. The Bertz CT molecular complexity index is 794. The molecule has 1 unspecified atom stereocenters. The predicted molar refractivity (Wildman–Crippen MR) is 129 cm³/mol. The Balaban J connectivity index is 0.00000240. The van der Waals surface area contributed by atoms with Gasteiger partial charge in [-0.05, 0) is 61.5 Å². The number of thiophene rings is 1. The van der Waals surface area contributed by atoms with E-state index in [9.17, 15) is 0 Å². The fraction of sp³-hybridized carbons (Fsp3) is 0.476. The summed E-state index contributed by atoms with van der Waals surface area (Å²) in [4.78, 5) is 8.40. The minimum Gasteiger partial charge on any atom is -0.454 e. The van der Waals surface area contributed by atoms with Crippen molar-refractivity contribution in [2.24, 2.45) is 4.99 Å². The van der Waals surface area contributed by atoms with Gasteiger partial charge in [0.25, 0.3) is 0 Å². The molecule has 1 aromatic heterocycles. The molecule has 0 aliphatic carbocycles. The maximum absolute atomic E-state index is 5.45. The van der Waals surface area contributed by atoms with Gasteiger partial charge in [0.1, 0.15) is 0 Å². The van der Waals surface area contributed by atoms with Crippen molar-refractivity contribution in [2.75, 3.05) is 40.0 Å². The summed E-state index contributed by atoms with van der Waals surface area (Å²) in [7, 11) is 1.83. The summed E-state index contributed by atoms with van der Waals surface area (Å²) in [5.74, 6) is 2.52. The zero-order valence-corrected chi connectivity index (χ0v) is 19.9. The minimum atomic E-state index is 0. The standard InChI is InChI=1S/C21H28N4O2S.HI/c1-22-21(23-9-8-16-6-7-18-19(13-16)27-15-26-18)24-14-17(20-5-4-12-28-20)25-10-2-3-11-25;/h4-7,12-13,17H,2-3,8-11,14-15H2,1H3,(H2,22,23,24);1H. The molecule has 2 aromatic rings. The first kappa shape index (κ1) is 22.2. The Hall–Kier alpha value is -1.52. The highest BCUT2D eigenvalue weighted by atomic mass is 127. The second-order valence-corrected chi connectivity index (χ2v) is 8.07. The van der Waals surface area contributed by atoms with E-state index in [1.807, 2.05) is 24.5 Å². The largest absolute Gasteiger partial charge is 0.454 e. The number of halogens is 1. The lowest BCUT2D eigenvalue weighted by Crippen LogP contribution is -2.43. The van der Waals surface area contributed by atoms with Crippen LogP contribution in [0.5, 0.6) is 11.5 Å². The molecule has 2 N–H and O–H groups in total. The van der Waals surface area contributed by atoms with Crippen LogP contribution in [0.1, 0.15) is 29.3 Å². The molecule has 8 heteroatoms. The van der Waals surface area contributed by atoms with Gasteiger partial charge in [-0.3, -0.25) is 9.89 Å².